The number of aromatic nitrogens is 1. The molecule has 0 aliphatic rings. The van der Waals surface area contributed by atoms with E-state index in [-0.39, 0.29) is 26.5 Å². The normalized spacial score (nSPS) is 12.2. The van der Waals surface area contributed by atoms with E-state index in [0.29, 0.717) is 12.1 Å². The van der Waals surface area contributed by atoms with Crippen molar-refractivity contribution in [2.75, 3.05) is 20.1 Å². The Morgan fingerprint density at radius 1 is 1.45 bits per heavy atom. The first-order valence-corrected chi connectivity index (χ1v) is 8.17. The molecule has 0 aliphatic heterocycles. The molecule has 0 saturated heterocycles. The molecule has 0 radical (unpaired) electrons. The fourth-order valence-electron chi connectivity index (χ4n) is 1.63. The highest BCUT2D eigenvalue weighted by Gasteiger charge is 2.25. The van der Waals surface area contributed by atoms with Crippen LogP contribution in [0.1, 0.15) is 0 Å². The maximum atomic E-state index is 12.2. The van der Waals surface area contributed by atoms with Gasteiger partial charge in [0.1, 0.15) is 9.92 Å². The summed E-state index contributed by atoms with van der Waals surface area (Å²) in [6, 6.07) is 1.43. The summed E-state index contributed by atoms with van der Waals surface area (Å²) >= 11 is 9.18. The predicted octanol–water partition coefficient (Wildman–Crippen LogP) is 1.03. The van der Waals surface area contributed by atoms with E-state index in [1.807, 2.05) is 0 Å². The molecule has 3 N–H and O–H groups in total. The number of H-pyrrole nitrogens is 1. The fraction of sp³-hybridized carbons (Fsp3) is 0.300. The number of oxazole rings is 1. The Balaban J connectivity index is 2.56. The highest BCUT2D eigenvalue weighted by molar-refractivity contribution is 9.10. The molecule has 0 atom stereocenters. The number of nitrogens with one attached hydrogen (secondary N) is 3. The van der Waals surface area contributed by atoms with Crippen molar-refractivity contribution >= 4 is 48.7 Å². The third-order valence-corrected chi connectivity index (χ3v) is 5.40. The van der Waals surface area contributed by atoms with Crippen LogP contribution in [0.4, 0.5) is 0 Å². The van der Waals surface area contributed by atoms with Gasteiger partial charge in [-0.2, -0.15) is 0 Å². The molecular formula is C10H11BrClN3O4S. The number of rotatable bonds is 5. The lowest BCUT2D eigenvalue weighted by molar-refractivity contribution is 0.553. The van der Waals surface area contributed by atoms with Gasteiger partial charge < -0.3 is 9.73 Å². The zero-order valence-corrected chi connectivity index (χ0v) is 13.4. The number of likely N-dealkylation sites (N-methyl/N-ethyl adjacent to an activating group) is 1. The molecule has 0 fully saturated rings. The van der Waals surface area contributed by atoms with Crippen molar-refractivity contribution in [3.05, 3.63) is 26.1 Å². The topological polar surface area (TPSA) is 104 Å². The van der Waals surface area contributed by atoms with Crippen LogP contribution in [0.15, 0.2) is 24.6 Å². The summed E-state index contributed by atoms with van der Waals surface area (Å²) in [6.45, 7) is 0.673. The molecule has 20 heavy (non-hydrogen) atoms. The summed E-state index contributed by atoms with van der Waals surface area (Å²) in [7, 11) is -2.11. The molecule has 1 aromatic heterocycles. The molecule has 0 unspecified atom stereocenters. The summed E-state index contributed by atoms with van der Waals surface area (Å²) in [5.41, 5.74) is 0.329. The van der Waals surface area contributed by atoms with Crippen molar-refractivity contribution in [2.24, 2.45) is 0 Å². The predicted molar refractivity (Wildman–Crippen MR) is 78.7 cm³/mol. The number of aromatic amines is 1. The zero-order chi connectivity index (χ0) is 14.9. The molecule has 110 valence electrons. The summed E-state index contributed by atoms with van der Waals surface area (Å²) in [5.74, 6) is -0.702. The Morgan fingerprint density at radius 2 is 2.15 bits per heavy atom. The van der Waals surface area contributed by atoms with Crippen molar-refractivity contribution in [3.8, 4) is 0 Å². The Hall–Kier alpha value is -0.870. The van der Waals surface area contributed by atoms with E-state index in [1.54, 1.807) is 7.05 Å². The average molecular weight is 385 g/mol. The first-order valence-electron chi connectivity index (χ1n) is 5.52. The van der Waals surface area contributed by atoms with Crippen LogP contribution in [-0.4, -0.2) is 33.5 Å². The van der Waals surface area contributed by atoms with Crippen LogP contribution in [0.25, 0.3) is 11.1 Å². The smallest absolute Gasteiger partial charge is 0.406 e. The van der Waals surface area contributed by atoms with Crippen molar-refractivity contribution in [3.63, 3.8) is 0 Å². The van der Waals surface area contributed by atoms with Gasteiger partial charge in [0, 0.05) is 17.6 Å². The van der Waals surface area contributed by atoms with E-state index in [2.05, 4.69) is 31.0 Å². The zero-order valence-electron chi connectivity index (χ0n) is 10.3. The minimum Gasteiger partial charge on any atom is -0.406 e. The molecule has 0 spiro atoms. The third-order valence-electron chi connectivity index (χ3n) is 2.50. The van der Waals surface area contributed by atoms with Crippen molar-refractivity contribution in [1.82, 2.24) is 15.0 Å². The molecule has 0 saturated carbocycles. The van der Waals surface area contributed by atoms with Crippen LogP contribution in [0.5, 0.6) is 0 Å². The SMILES string of the molecule is CNCCNS(=O)(=O)c1c(Br)cc2[nH]c(=O)oc2c1Cl. The number of benzene rings is 1. The van der Waals surface area contributed by atoms with Gasteiger partial charge in [-0.05, 0) is 29.0 Å². The molecule has 2 rings (SSSR count). The van der Waals surface area contributed by atoms with E-state index in [9.17, 15) is 13.2 Å². The number of fused-ring (bicyclic) bond motifs is 1. The van der Waals surface area contributed by atoms with Gasteiger partial charge in [0.2, 0.25) is 10.0 Å². The average Bonchev–Trinajstić information content (AvgIpc) is 2.69. The lowest BCUT2D eigenvalue weighted by Crippen LogP contribution is -2.30. The molecule has 0 bridgehead atoms. The molecule has 2 aromatic rings. The summed E-state index contributed by atoms with van der Waals surface area (Å²) in [5, 5.41) is 2.67. The highest BCUT2D eigenvalue weighted by atomic mass is 79.9. The van der Waals surface area contributed by atoms with Gasteiger partial charge in [-0.1, -0.05) is 11.6 Å². The van der Waals surface area contributed by atoms with Crippen molar-refractivity contribution in [2.45, 2.75) is 4.90 Å². The second-order valence-corrected chi connectivity index (χ2v) is 6.83. The van der Waals surface area contributed by atoms with Gasteiger partial charge in [-0.25, -0.2) is 17.9 Å². The number of hydrogen-bond donors (Lipinski definition) is 3. The summed E-state index contributed by atoms with van der Waals surface area (Å²) in [6.07, 6.45) is 0. The van der Waals surface area contributed by atoms with Gasteiger partial charge in [0.25, 0.3) is 0 Å². The van der Waals surface area contributed by atoms with E-state index in [1.165, 1.54) is 6.07 Å². The Kier molecular flexibility index (Phi) is 4.55. The second kappa shape index (κ2) is 5.86. The van der Waals surface area contributed by atoms with Crippen LogP contribution in [0, 0.1) is 0 Å². The molecule has 0 aliphatic carbocycles. The Morgan fingerprint density at radius 3 is 2.80 bits per heavy atom. The first kappa shape index (κ1) is 15.5. The maximum absolute atomic E-state index is 12.2. The Labute approximate surface area is 127 Å². The van der Waals surface area contributed by atoms with Crippen LogP contribution in [-0.2, 0) is 10.0 Å². The van der Waals surface area contributed by atoms with Crippen molar-refractivity contribution in [1.29, 1.82) is 0 Å². The second-order valence-electron chi connectivity index (χ2n) is 3.89. The quantitative estimate of drug-likeness (QED) is 0.668. The largest absolute Gasteiger partial charge is 0.417 e. The summed E-state index contributed by atoms with van der Waals surface area (Å²) in [4.78, 5) is 13.4. The fourth-order valence-corrected chi connectivity index (χ4v) is 4.52. The van der Waals surface area contributed by atoms with E-state index >= 15 is 0 Å². The molecule has 7 nitrogen and oxygen atoms in total. The van der Waals surface area contributed by atoms with Gasteiger partial charge in [0.15, 0.2) is 5.58 Å². The van der Waals surface area contributed by atoms with Gasteiger partial charge in [-0.15, -0.1) is 0 Å². The first-order chi connectivity index (χ1) is 9.36. The Bertz CT molecular complexity index is 799. The lowest BCUT2D eigenvalue weighted by atomic mass is 10.3. The van der Waals surface area contributed by atoms with Gasteiger partial charge >= 0.3 is 5.76 Å². The monoisotopic (exact) mass is 383 g/mol. The van der Waals surface area contributed by atoms with Gasteiger partial charge in [0.05, 0.1) is 5.52 Å². The highest BCUT2D eigenvalue weighted by Crippen LogP contribution is 2.35. The number of hydrogen-bond acceptors (Lipinski definition) is 5. The summed E-state index contributed by atoms with van der Waals surface area (Å²) < 4.78 is 31.9. The van der Waals surface area contributed by atoms with E-state index < -0.39 is 15.8 Å². The van der Waals surface area contributed by atoms with E-state index in [4.69, 9.17) is 16.0 Å². The number of halogens is 2. The third kappa shape index (κ3) is 2.91. The van der Waals surface area contributed by atoms with Crippen LogP contribution in [0.3, 0.4) is 0 Å². The maximum Gasteiger partial charge on any atom is 0.417 e. The van der Waals surface area contributed by atoms with Crippen molar-refractivity contribution < 1.29 is 12.8 Å². The van der Waals surface area contributed by atoms with E-state index in [0.717, 1.165) is 0 Å². The molecule has 1 aromatic carbocycles. The lowest BCUT2D eigenvalue weighted by Gasteiger charge is -2.10. The molecule has 1 heterocycles. The molecular weight excluding hydrogens is 374 g/mol. The van der Waals surface area contributed by atoms with Gasteiger partial charge in [-0.3, -0.25) is 4.98 Å². The molecule has 0 amide bonds. The van der Waals surface area contributed by atoms with Crippen LogP contribution >= 0.6 is 27.5 Å². The van der Waals surface area contributed by atoms with Crippen LogP contribution < -0.4 is 15.8 Å². The minimum absolute atomic E-state index is 0.00820. The molecule has 10 heteroatoms. The standard InChI is InChI=1S/C10H11BrClN3O4S/c1-13-2-3-14-20(17,18)9-5(11)4-6-8(7(9)12)19-10(16)15-6/h4,13-14H,2-3H2,1H3,(H,15,16). The minimum atomic E-state index is -3.82. The van der Waals surface area contributed by atoms with Crippen LogP contribution in [0.2, 0.25) is 5.02 Å². The number of sulfonamides is 1.